The lowest BCUT2D eigenvalue weighted by Crippen LogP contribution is -2.57. The van der Waals surface area contributed by atoms with Gasteiger partial charge in [0.15, 0.2) is 0 Å². The number of nitrogens with one attached hydrogen (secondary N) is 1. The van der Waals surface area contributed by atoms with Gasteiger partial charge in [-0.3, -0.25) is 9.58 Å². The summed E-state index contributed by atoms with van der Waals surface area (Å²) < 4.78 is 7.43. The molecule has 3 aromatic rings. The number of ether oxygens (including phenoxy) is 1. The Morgan fingerprint density at radius 3 is 2.57 bits per heavy atom. The lowest BCUT2D eigenvalue weighted by molar-refractivity contribution is 0.0123. The molecule has 2 atom stereocenters. The Morgan fingerprint density at radius 1 is 1.20 bits per heavy atom. The molecule has 2 bridgehead atoms. The van der Waals surface area contributed by atoms with Crippen LogP contribution in [0.25, 0.3) is 22.3 Å². The predicted molar refractivity (Wildman–Crippen MR) is 113 cm³/mol. The number of carbonyl (C=O) groups is 1. The summed E-state index contributed by atoms with van der Waals surface area (Å²) >= 11 is 0. The number of rotatable bonds is 2. The second-order valence-electron chi connectivity index (χ2n) is 9.22. The van der Waals surface area contributed by atoms with Crippen LogP contribution in [0.2, 0.25) is 0 Å². The van der Waals surface area contributed by atoms with Crippen molar-refractivity contribution in [1.82, 2.24) is 29.6 Å². The zero-order valence-corrected chi connectivity index (χ0v) is 17.8. The van der Waals surface area contributed by atoms with Crippen LogP contribution in [0.3, 0.4) is 0 Å². The van der Waals surface area contributed by atoms with Crippen molar-refractivity contribution >= 4 is 22.9 Å². The zero-order valence-electron chi connectivity index (χ0n) is 17.8. The van der Waals surface area contributed by atoms with E-state index >= 15 is 0 Å². The molecule has 2 fully saturated rings. The van der Waals surface area contributed by atoms with Gasteiger partial charge in [-0.05, 0) is 39.7 Å². The second-order valence-corrected chi connectivity index (χ2v) is 9.22. The number of nitrogens with zero attached hydrogens (tertiary/aromatic N) is 6. The van der Waals surface area contributed by atoms with Crippen LogP contribution in [0, 0.1) is 0 Å². The number of aromatic amines is 1. The number of hydrogen-bond donors (Lipinski definition) is 1. The molecule has 2 unspecified atom stereocenters. The van der Waals surface area contributed by atoms with E-state index in [4.69, 9.17) is 4.74 Å². The van der Waals surface area contributed by atoms with Crippen molar-refractivity contribution < 1.29 is 9.53 Å². The monoisotopic (exact) mass is 409 g/mol. The molecule has 2 saturated heterocycles. The number of amides is 1. The summed E-state index contributed by atoms with van der Waals surface area (Å²) in [7, 11) is 1.90. The van der Waals surface area contributed by atoms with Crippen molar-refractivity contribution in [1.29, 1.82) is 0 Å². The largest absolute Gasteiger partial charge is 0.444 e. The first-order chi connectivity index (χ1) is 14.3. The van der Waals surface area contributed by atoms with Crippen molar-refractivity contribution in [3.8, 4) is 11.3 Å². The number of piperazine rings is 1. The van der Waals surface area contributed by atoms with Gasteiger partial charge in [-0.15, -0.1) is 0 Å². The Hall–Kier alpha value is -3.10. The van der Waals surface area contributed by atoms with Gasteiger partial charge in [-0.25, -0.2) is 14.8 Å². The van der Waals surface area contributed by atoms with Gasteiger partial charge in [-0.2, -0.15) is 5.10 Å². The molecular weight excluding hydrogens is 382 g/mol. The summed E-state index contributed by atoms with van der Waals surface area (Å²) in [5.74, 6) is 0.909. The van der Waals surface area contributed by atoms with E-state index < -0.39 is 5.60 Å². The van der Waals surface area contributed by atoms with Gasteiger partial charge in [0.1, 0.15) is 23.4 Å². The Kier molecular flexibility index (Phi) is 4.23. The van der Waals surface area contributed by atoms with E-state index in [1.165, 1.54) is 0 Å². The van der Waals surface area contributed by atoms with Crippen LogP contribution in [-0.4, -0.2) is 66.5 Å². The predicted octanol–water partition coefficient (Wildman–Crippen LogP) is 2.95. The molecule has 2 aliphatic heterocycles. The molecular formula is C21H27N7O2. The minimum absolute atomic E-state index is 0.139. The molecule has 0 radical (unpaired) electrons. The maximum absolute atomic E-state index is 12.7. The SMILES string of the molecule is Cn1cc(-c2cc3c(N4CC5CCC(C4)N5C(=O)OC(C)(C)C)ncnc3[nH]2)cn1. The highest BCUT2D eigenvalue weighted by molar-refractivity contribution is 5.92. The molecule has 0 aromatic carbocycles. The van der Waals surface area contributed by atoms with Gasteiger partial charge in [-0.1, -0.05) is 0 Å². The van der Waals surface area contributed by atoms with E-state index in [-0.39, 0.29) is 18.2 Å². The fourth-order valence-electron chi connectivity index (χ4n) is 4.58. The zero-order chi connectivity index (χ0) is 21.0. The van der Waals surface area contributed by atoms with Crippen LogP contribution < -0.4 is 4.90 Å². The van der Waals surface area contributed by atoms with Gasteiger partial charge >= 0.3 is 6.09 Å². The molecule has 9 nitrogen and oxygen atoms in total. The molecule has 2 aliphatic rings. The number of aryl methyl sites for hydroxylation is 1. The second kappa shape index (κ2) is 6.72. The quantitative estimate of drug-likeness (QED) is 0.700. The minimum atomic E-state index is -0.486. The van der Waals surface area contributed by atoms with E-state index in [1.54, 1.807) is 11.0 Å². The van der Waals surface area contributed by atoms with Crippen molar-refractivity contribution in [2.45, 2.75) is 51.3 Å². The fourth-order valence-corrected chi connectivity index (χ4v) is 4.58. The molecule has 0 aliphatic carbocycles. The third-order valence-corrected chi connectivity index (χ3v) is 5.81. The van der Waals surface area contributed by atoms with Gasteiger partial charge in [0.05, 0.1) is 29.4 Å². The Labute approximate surface area is 175 Å². The van der Waals surface area contributed by atoms with Crippen LogP contribution in [0.4, 0.5) is 10.6 Å². The molecule has 5 rings (SSSR count). The van der Waals surface area contributed by atoms with Crippen LogP contribution in [0.15, 0.2) is 24.8 Å². The average molecular weight is 409 g/mol. The maximum atomic E-state index is 12.7. The van der Waals surface area contributed by atoms with E-state index in [1.807, 2.05) is 45.1 Å². The summed E-state index contributed by atoms with van der Waals surface area (Å²) in [4.78, 5) is 29.4. The summed E-state index contributed by atoms with van der Waals surface area (Å²) in [6.07, 6.45) is 7.17. The van der Waals surface area contributed by atoms with Crippen molar-refractivity contribution in [2.24, 2.45) is 7.05 Å². The van der Waals surface area contributed by atoms with Crippen LogP contribution in [0.1, 0.15) is 33.6 Å². The first-order valence-electron chi connectivity index (χ1n) is 10.4. The normalized spacial score (nSPS) is 21.5. The van der Waals surface area contributed by atoms with Crippen molar-refractivity contribution in [3.05, 3.63) is 24.8 Å². The molecule has 0 saturated carbocycles. The van der Waals surface area contributed by atoms with Gasteiger partial charge in [0.2, 0.25) is 0 Å². The summed E-state index contributed by atoms with van der Waals surface area (Å²) in [6.45, 7) is 7.22. The summed E-state index contributed by atoms with van der Waals surface area (Å²) in [6, 6.07) is 2.37. The summed E-state index contributed by atoms with van der Waals surface area (Å²) in [5.41, 5.74) is 2.30. The first kappa shape index (κ1) is 18.9. The molecule has 30 heavy (non-hydrogen) atoms. The Morgan fingerprint density at radius 2 is 1.93 bits per heavy atom. The average Bonchev–Trinajstić information content (AvgIpc) is 3.35. The van der Waals surface area contributed by atoms with E-state index in [0.29, 0.717) is 0 Å². The van der Waals surface area contributed by atoms with E-state index in [0.717, 1.165) is 54.0 Å². The molecule has 3 aromatic heterocycles. The molecule has 1 N–H and O–H groups in total. The van der Waals surface area contributed by atoms with E-state index in [9.17, 15) is 4.79 Å². The lowest BCUT2D eigenvalue weighted by atomic mass is 10.1. The molecule has 9 heteroatoms. The molecule has 5 heterocycles. The third-order valence-electron chi connectivity index (χ3n) is 5.81. The Balaban J connectivity index is 1.42. The minimum Gasteiger partial charge on any atom is -0.444 e. The Bertz CT molecular complexity index is 1080. The number of fused-ring (bicyclic) bond motifs is 3. The lowest BCUT2D eigenvalue weighted by Gasteiger charge is -2.41. The molecule has 158 valence electrons. The van der Waals surface area contributed by atoms with Gasteiger partial charge in [0, 0.05) is 31.9 Å². The van der Waals surface area contributed by atoms with Crippen molar-refractivity contribution in [3.63, 3.8) is 0 Å². The smallest absolute Gasteiger partial charge is 0.410 e. The third kappa shape index (κ3) is 3.28. The highest BCUT2D eigenvalue weighted by atomic mass is 16.6. The number of hydrogen-bond acceptors (Lipinski definition) is 6. The number of aromatic nitrogens is 5. The molecule has 0 spiro atoms. The van der Waals surface area contributed by atoms with E-state index in [2.05, 4.69) is 31.0 Å². The summed E-state index contributed by atoms with van der Waals surface area (Å²) in [5, 5.41) is 5.24. The van der Waals surface area contributed by atoms with Crippen molar-refractivity contribution in [2.75, 3.05) is 18.0 Å². The standard InChI is InChI=1S/C21H27N7O2/c1-21(2,3)30-20(29)28-14-5-6-15(28)11-27(10-14)19-16-7-17(13-8-24-26(4)9-13)25-18(16)22-12-23-19/h7-9,12,14-15H,5-6,10-11H2,1-4H3,(H,22,23,25). The fraction of sp³-hybridized carbons (Fsp3) is 0.524. The number of H-pyrrole nitrogens is 1. The highest BCUT2D eigenvalue weighted by Crippen LogP contribution is 2.36. The maximum Gasteiger partial charge on any atom is 0.410 e. The number of anilines is 1. The van der Waals surface area contributed by atoms with Crippen LogP contribution >= 0.6 is 0 Å². The van der Waals surface area contributed by atoms with Gasteiger partial charge < -0.3 is 14.6 Å². The van der Waals surface area contributed by atoms with Crippen LogP contribution in [-0.2, 0) is 11.8 Å². The van der Waals surface area contributed by atoms with Gasteiger partial charge in [0.25, 0.3) is 0 Å². The highest BCUT2D eigenvalue weighted by Gasteiger charge is 2.44. The first-order valence-corrected chi connectivity index (χ1v) is 10.4. The van der Waals surface area contributed by atoms with Crippen LogP contribution in [0.5, 0.6) is 0 Å². The molecule has 1 amide bonds. The topological polar surface area (TPSA) is 92.2 Å². The number of carbonyl (C=O) groups excluding carboxylic acids is 1.